The molecule has 0 spiro atoms. The van der Waals surface area contributed by atoms with E-state index in [1.54, 1.807) is 6.92 Å². The third kappa shape index (κ3) is 2.84. The van der Waals surface area contributed by atoms with E-state index in [9.17, 15) is 9.59 Å². The number of methoxy groups -OCH3 is 1. The minimum absolute atomic E-state index is 0.0187. The van der Waals surface area contributed by atoms with Crippen LogP contribution in [0.1, 0.15) is 24.0 Å². The smallest absolute Gasteiger partial charge is 0.315 e. The van der Waals surface area contributed by atoms with E-state index in [0.29, 0.717) is 17.0 Å². The van der Waals surface area contributed by atoms with Gasteiger partial charge in [0.2, 0.25) is 0 Å². The molecular weight excluding hydrogens is 374 g/mol. The van der Waals surface area contributed by atoms with Gasteiger partial charge in [-0.3, -0.25) is 14.6 Å². The Balaban J connectivity index is 2.20. The molecule has 3 rings (SSSR count). The minimum atomic E-state index is -0.606. The van der Waals surface area contributed by atoms with Crippen molar-refractivity contribution in [1.82, 2.24) is 0 Å². The van der Waals surface area contributed by atoms with Gasteiger partial charge in [-0.05, 0) is 31.0 Å². The lowest BCUT2D eigenvalue weighted by molar-refractivity contribution is -0.143. The van der Waals surface area contributed by atoms with E-state index in [0.717, 1.165) is 15.6 Å². The van der Waals surface area contributed by atoms with Crippen LogP contribution in [0, 0.1) is 12.8 Å². The topological polar surface area (TPSA) is 65.0 Å². The number of ketones is 1. The number of Topliss-reactive ketones (excluding diaryl/α,β-unsaturated/α-hetero) is 1. The zero-order valence-corrected chi connectivity index (χ0v) is 15.3. The first kappa shape index (κ1) is 17.0. The summed E-state index contributed by atoms with van der Waals surface area (Å²) < 4.78 is 11.2. The Morgan fingerprint density at radius 3 is 2.75 bits per heavy atom. The highest BCUT2D eigenvalue weighted by Crippen LogP contribution is 2.42. The van der Waals surface area contributed by atoms with Crippen molar-refractivity contribution in [3.8, 4) is 0 Å². The van der Waals surface area contributed by atoms with Gasteiger partial charge in [-0.2, -0.15) is 0 Å². The van der Waals surface area contributed by atoms with Gasteiger partial charge < -0.3 is 9.47 Å². The van der Waals surface area contributed by atoms with Crippen LogP contribution in [-0.4, -0.2) is 37.8 Å². The summed E-state index contributed by atoms with van der Waals surface area (Å²) in [7, 11) is 1.35. The van der Waals surface area contributed by atoms with Gasteiger partial charge in [-0.25, -0.2) is 0 Å². The number of carbonyl (C=O) groups is 2. The second-order valence-corrected chi connectivity index (χ2v) is 6.87. The molecular formula is C18H18BrNO4. The molecule has 0 saturated carbocycles. The lowest BCUT2D eigenvalue weighted by Gasteiger charge is -2.34. The first-order valence-electron chi connectivity index (χ1n) is 7.67. The van der Waals surface area contributed by atoms with Crippen LogP contribution in [0.15, 0.2) is 38.9 Å². The number of ether oxygens (including phenoxy) is 2. The van der Waals surface area contributed by atoms with Crippen molar-refractivity contribution in [2.45, 2.75) is 19.8 Å². The van der Waals surface area contributed by atoms with Gasteiger partial charge in [0.1, 0.15) is 12.5 Å². The zero-order chi connectivity index (χ0) is 17.4. The standard InChI is InChI=1S/C18H18BrNO4/c1-9-4-5-11(6-12(9)19)16-15(18(22)23-3)10(2)20-13-7-24-8-14(21)17(13)16/h4-6,15-16H,7-8H2,1-3H3. The Hall–Kier alpha value is -1.79. The summed E-state index contributed by atoms with van der Waals surface area (Å²) >= 11 is 3.53. The number of esters is 1. The van der Waals surface area contributed by atoms with E-state index in [2.05, 4.69) is 20.9 Å². The number of benzene rings is 1. The Kier molecular flexibility index (Phi) is 4.69. The Morgan fingerprint density at radius 2 is 2.08 bits per heavy atom. The average Bonchev–Trinajstić information content (AvgIpc) is 2.55. The van der Waals surface area contributed by atoms with Gasteiger partial charge in [0, 0.05) is 21.7 Å². The molecule has 0 amide bonds. The highest BCUT2D eigenvalue weighted by atomic mass is 79.9. The molecule has 5 nitrogen and oxygen atoms in total. The molecule has 126 valence electrons. The van der Waals surface area contributed by atoms with Gasteiger partial charge in [0.05, 0.1) is 19.4 Å². The molecule has 0 bridgehead atoms. The maximum absolute atomic E-state index is 12.5. The molecule has 0 aliphatic carbocycles. The number of halogens is 1. The van der Waals surface area contributed by atoms with E-state index >= 15 is 0 Å². The van der Waals surface area contributed by atoms with Crippen molar-refractivity contribution in [1.29, 1.82) is 0 Å². The number of rotatable bonds is 2. The maximum atomic E-state index is 12.5. The predicted octanol–water partition coefficient (Wildman–Crippen LogP) is 2.96. The molecule has 2 atom stereocenters. The van der Waals surface area contributed by atoms with Crippen LogP contribution in [0.4, 0.5) is 0 Å². The number of hydrogen-bond donors (Lipinski definition) is 0. The molecule has 6 heteroatoms. The molecule has 2 aliphatic rings. The van der Waals surface area contributed by atoms with Gasteiger partial charge in [-0.1, -0.05) is 28.1 Å². The minimum Gasteiger partial charge on any atom is -0.468 e. The number of carbonyl (C=O) groups excluding carboxylic acids is 2. The molecule has 1 aromatic rings. The molecule has 24 heavy (non-hydrogen) atoms. The van der Waals surface area contributed by atoms with E-state index in [1.165, 1.54) is 7.11 Å². The van der Waals surface area contributed by atoms with Gasteiger partial charge in [-0.15, -0.1) is 0 Å². The fourth-order valence-corrected chi connectivity index (χ4v) is 3.68. The molecule has 0 N–H and O–H groups in total. The van der Waals surface area contributed by atoms with E-state index < -0.39 is 11.8 Å². The van der Waals surface area contributed by atoms with E-state index in [-0.39, 0.29) is 25.0 Å². The fraction of sp³-hybridized carbons (Fsp3) is 0.389. The van der Waals surface area contributed by atoms with E-state index in [4.69, 9.17) is 9.47 Å². The summed E-state index contributed by atoms with van der Waals surface area (Å²) in [5, 5.41) is 0. The molecule has 2 heterocycles. The second-order valence-electron chi connectivity index (χ2n) is 6.02. The lowest BCUT2D eigenvalue weighted by Crippen LogP contribution is -2.39. The van der Waals surface area contributed by atoms with Crippen LogP contribution in [0.3, 0.4) is 0 Å². The van der Waals surface area contributed by atoms with Crippen molar-refractivity contribution in [2.24, 2.45) is 10.9 Å². The van der Waals surface area contributed by atoms with Crippen molar-refractivity contribution in [3.63, 3.8) is 0 Å². The van der Waals surface area contributed by atoms with Crippen LogP contribution in [0.2, 0.25) is 0 Å². The quantitative estimate of drug-likeness (QED) is 0.726. The van der Waals surface area contributed by atoms with Gasteiger partial charge in [0.15, 0.2) is 5.78 Å². The third-order valence-electron chi connectivity index (χ3n) is 4.50. The van der Waals surface area contributed by atoms with Gasteiger partial charge in [0.25, 0.3) is 0 Å². The summed E-state index contributed by atoms with van der Waals surface area (Å²) in [4.78, 5) is 29.4. The van der Waals surface area contributed by atoms with Crippen molar-refractivity contribution in [2.75, 3.05) is 20.3 Å². The van der Waals surface area contributed by atoms with Crippen molar-refractivity contribution >= 4 is 33.4 Å². The van der Waals surface area contributed by atoms with Crippen molar-refractivity contribution < 1.29 is 19.1 Å². The molecule has 0 radical (unpaired) electrons. The molecule has 0 saturated heterocycles. The summed E-state index contributed by atoms with van der Waals surface area (Å²) in [6.07, 6.45) is 0. The second kappa shape index (κ2) is 6.61. The van der Waals surface area contributed by atoms with Gasteiger partial charge >= 0.3 is 5.97 Å². The van der Waals surface area contributed by atoms with Crippen LogP contribution in [-0.2, 0) is 19.1 Å². The summed E-state index contributed by atoms with van der Waals surface area (Å²) in [6, 6.07) is 5.88. The lowest BCUT2D eigenvalue weighted by atomic mass is 9.74. The highest BCUT2D eigenvalue weighted by molar-refractivity contribution is 9.10. The summed E-state index contributed by atoms with van der Waals surface area (Å²) in [5.41, 5.74) is 3.80. The zero-order valence-electron chi connectivity index (χ0n) is 13.8. The largest absolute Gasteiger partial charge is 0.468 e. The Bertz CT molecular complexity index is 781. The molecule has 0 aromatic heterocycles. The fourth-order valence-electron chi connectivity index (χ4n) is 3.29. The molecule has 0 fully saturated rings. The number of nitrogens with zero attached hydrogens (tertiary/aromatic N) is 1. The Morgan fingerprint density at radius 1 is 1.33 bits per heavy atom. The van der Waals surface area contributed by atoms with Crippen LogP contribution in [0.5, 0.6) is 0 Å². The normalized spacial score (nSPS) is 23.7. The van der Waals surface area contributed by atoms with E-state index in [1.807, 2.05) is 25.1 Å². The van der Waals surface area contributed by atoms with Crippen LogP contribution in [0.25, 0.3) is 0 Å². The Labute approximate surface area is 148 Å². The number of aliphatic imine (C=N–C) groups is 1. The number of hydrogen-bond acceptors (Lipinski definition) is 5. The summed E-state index contributed by atoms with van der Waals surface area (Å²) in [6.45, 7) is 4.09. The average molecular weight is 392 g/mol. The highest BCUT2D eigenvalue weighted by Gasteiger charge is 2.43. The van der Waals surface area contributed by atoms with Crippen LogP contribution >= 0.6 is 15.9 Å². The first-order valence-corrected chi connectivity index (χ1v) is 8.46. The first-order chi connectivity index (χ1) is 11.4. The maximum Gasteiger partial charge on any atom is 0.315 e. The number of aryl methyl sites for hydroxylation is 1. The summed E-state index contributed by atoms with van der Waals surface area (Å²) in [5.74, 6) is -1.52. The monoisotopic (exact) mass is 391 g/mol. The SMILES string of the molecule is COC(=O)C1C(C)=NC2=C(C(=O)COC2)C1c1ccc(C)c(Br)c1. The molecule has 1 aromatic carbocycles. The van der Waals surface area contributed by atoms with Crippen molar-refractivity contribution in [3.05, 3.63) is 45.1 Å². The predicted molar refractivity (Wildman–Crippen MR) is 93.1 cm³/mol. The molecule has 2 aliphatic heterocycles. The van der Waals surface area contributed by atoms with Crippen LogP contribution < -0.4 is 0 Å². The third-order valence-corrected chi connectivity index (χ3v) is 5.35. The molecule has 2 unspecified atom stereocenters.